The van der Waals surface area contributed by atoms with Crippen LogP contribution in [-0.4, -0.2) is 9.78 Å². The zero-order chi connectivity index (χ0) is 9.42. The van der Waals surface area contributed by atoms with E-state index in [2.05, 4.69) is 30.2 Å². The van der Waals surface area contributed by atoms with E-state index in [-0.39, 0.29) is 0 Å². The zero-order valence-electron chi connectivity index (χ0n) is 8.33. The molecular formula is C11H14N2. The molecular weight excluding hydrogens is 160 g/mol. The molecule has 0 aliphatic heterocycles. The number of hydrogen-bond donors (Lipinski definition) is 0. The third-order valence-electron chi connectivity index (χ3n) is 2.51. The van der Waals surface area contributed by atoms with Crippen molar-refractivity contribution in [2.24, 2.45) is 7.05 Å². The average Bonchev–Trinajstić information content (AvgIpc) is 2.42. The lowest BCUT2D eigenvalue weighted by atomic mass is 10.1. The van der Waals surface area contributed by atoms with E-state index in [1.165, 1.54) is 16.5 Å². The first-order valence-electron chi connectivity index (χ1n) is 4.64. The molecule has 0 saturated heterocycles. The Balaban J connectivity index is 2.76. The summed E-state index contributed by atoms with van der Waals surface area (Å²) in [5.74, 6) is 0. The summed E-state index contributed by atoms with van der Waals surface area (Å²) < 4.78 is 1.95. The van der Waals surface area contributed by atoms with Crippen molar-refractivity contribution >= 4 is 10.9 Å². The van der Waals surface area contributed by atoms with Gasteiger partial charge in [-0.3, -0.25) is 4.68 Å². The number of aryl methyl sites for hydroxylation is 3. The second kappa shape index (κ2) is 2.87. The average molecular weight is 174 g/mol. The lowest BCUT2D eigenvalue weighted by molar-refractivity contribution is 0.783. The van der Waals surface area contributed by atoms with Crippen LogP contribution in [-0.2, 0) is 13.5 Å². The van der Waals surface area contributed by atoms with Gasteiger partial charge in [-0.25, -0.2) is 0 Å². The topological polar surface area (TPSA) is 17.8 Å². The third kappa shape index (κ3) is 1.22. The van der Waals surface area contributed by atoms with E-state index < -0.39 is 0 Å². The molecule has 0 aliphatic rings. The first-order valence-corrected chi connectivity index (χ1v) is 4.64. The first-order chi connectivity index (χ1) is 6.22. The molecule has 1 aromatic carbocycles. The maximum atomic E-state index is 4.38. The van der Waals surface area contributed by atoms with Gasteiger partial charge in [-0.15, -0.1) is 0 Å². The van der Waals surface area contributed by atoms with Crippen molar-refractivity contribution in [2.75, 3.05) is 0 Å². The van der Waals surface area contributed by atoms with Crippen LogP contribution in [0.2, 0.25) is 0 Å². The number of aromatic nitrogens is 2. The smallest absolute Gasteiger partial charge is 0.0684 e. The predicted molar refractivity (Wildman–Crippen MR) is 54.8 cm³/mol. The van der Waals surface area contributed by atoms with Gasteiger partial charge in [-0.05, 0) is 25.0 Å². The van der Waals surface area contributed by atoms with Gasteiger partial charge in [0.1, 0.15) is 0 Å². The molecule has 0 atom stereocenters. The van der Waals surface area contributed by atoms with Gasteiger partial charge >= 0.3 is 0 Å². The Kier molecular flexibility index (Phi) is 1.83. The SMILES string of the molecule is CCc1ccc2c(C)nn(C)c2c1. The summed E-state index contributed by atoms with van der Waals surface area (Å²) in [4.78, 5) is 0. The van der Waals surface area contributed by atoms with Crippen molar-refractivity contribution in [2.45, 2.75) is 20.3 Å². The van der Waals surface area contributed by atoms with Crippen molar-refractivity contribution in [3.05, 3.63) is 29.5 Å². The molecule has 0 aliphatic carbocycles. The fourth-order valence-electron chi connectivity index (χ4n) is 1.70. The summed E-state index contributed by atoms with van der Waals surface area (Å²) >= 11 is 0. The summed E-state index contributed by atoms with van der Waals surface area (Å²) in [7, 11) is 1.99. The van der Waals surface area contributed by atoms with Crippen LogP contribution in [0.1, 0.15) is 18.2 Å². The first kappa shape index (κ1) is 8.30. The number of benzene rings is 1. The minimum absolute atomic E-state index is 1.08. The van der Waals surface area contributed by atoms with Gasteiger partial charge < -0.3 is 0 Å². The van der Waals surface area contributed by atoms with Crippen LogP contribution in [0.25, 0.3) is 10.9 Å². The molecule has 0 spiro atoms. The van der Waals surface area contributed by atoms with Gasteiger partial charge in [0.05, 0.1) is 11.2 Å². The summed E-state index contributed by atoms with van der Waals surface area (Å²) in [6, 6.07) is 6.56. The molecule has 2 nitrogen and oxygen atoms in total. The number of nitrogens with zero attached hydrogens (tertiary/aromatic N) is 2. The molecule has 0 unspecified atom stereocenters. The van der Waals surface area contributed by atoms with Gasteiger partial charge in [-0.2, -0.15) is 5.10 Å². The van der Waals surface area contributed by atoms with E-state index in [0.29, 0.717) is 0 Å². The zero-order valence-corrected chi connectivity index (χ0v) is 8.33. The standard InChI is InChI=1S/C11H14N2/c1-4-9-5-6-10-8(2)12-13(3)11(10)7-9/h5-7H,4H2,1-3H3. The molecule has 2 rings (SSSR count). The van der Waals surface area contributed by atoms with Crippen LogP contribution < -0.4 is 0 Å². The third-order valence-corrected chi connectivity index (χ3v) is 2.51. The fraction of sp³-hybridized carbons (Fsp3) is 0.364. The Morgan fingerprint density at radius 2 is 2.15 bits per heavy atom. The molecule has 2 heteroatoms. The van der Waals surface area contributed by atoms with Gasteiger partial charge in [0.2, 0.25) is 0 Å². The summed E-state index contributed by atoms with van der Waals surface area (Å²) in [6.07, 6.45) is 1.08. The van der Waals surface area contributed by atoms with E-state index in [1.807, 2.05) is 18.7 Å². The van der Waals surface area contributed by atoms with E-state index in [0.717, 1.165) is 12.1 Å². The Morgan fingerprint density at radius 1 is 1.38 bits per heavy atom. The van der Waals surface area contributed by atoms with Gasteiger partial charge in [0.15, 0.2) is 0 Å². The van der Waals surface area contributed by atoms with Crippen LogP contribution in [0.5, 0.6) is 0 Å². The number of hydrogen-bond acceptors (Lipinski definition) is 1. The van der Waals surface area contributed by atoms with E-state index in [9.17, 15) is 0 Å². The molecule has 68 valence electrons. The largest absolute Gasteiger partial charge is 0.268 e. The highest BCUT2D eigenvalue weighted by Gasteiger charge is 2.03. The second-order valence-electron chi connectivity index (χ2n) is 3.41. The predicted octanol–water partition coefficient (Wildman–Crippen LogP) is 2.44. The second-order valence-corrected chi connectivity index (χ2v) is 3.41. The quantitative estimate of drug-likeness (QED) is 0.649. The van der Waals surface area contributed by atoms with Crippen molar-refractivity contribution in [3.8, 4) is 0 Å². The Hall–Kier alpha value is -1.31. The van der Waals surface area contributed by atoms with E-state index >= 15 is 0 Å². The highest BCUT2D eigenvalue weighted by molar-refractivity contribution is 5.82. The van der Waals surface area contributed by atoms with Crippen molar-refractivity contribution in [1.82, 2.24) is 9.78 Å². The molecule has 0 radical (unpaired) electrons. The molecule has 2 aromatic rings. The maximum Gasteiger partial charge on any atom is 0.0684 e. The van der Waals surface area contributed by atoms with E-state index in [1.54, 1.807) is 0 Å². The highest BCUT2D eigenvalue weighted by Crippen LogP contribution is 2.18. The molecule has 13 heavy (non-hydrogen) atoms. The van der Waals surface area contributed by atoms with Gasteiger partial charge in [0.25, 0.3) is 0 Å². The molecule has 1 heterocycles. The van der Waals surface area contributed by atoms with Crippen molar-refractivity contribution in [3.63, 3.8) is 0 Å². The molecule has 1 aromatic heterocycles. The normalized spacial score (nSPS) is 11.0. The minimum Gasteiger partial charge on any atom is -0.268 e. The molecule has 0 N–H and O–H groups in total. The van der Waals surface area contributed by atoms with Crippen LogP contribution >= 0.6 is 0 Å². The lowest BCUT2D eigenvalue weighted by Gasteiger charge is -1.97. The Bertz CT molecular complexity index is 441. The summed E-state index contributed by atoms with van der Waals surface area (Å²) in [6.45, 7) is 4.22. The van der Waals surface area contributed by atoms with Crippen LogP contribution in [0.15, 0.2) is 18.2 Å². The fourth-order valence-corrected chi connectivity index (χ4v) is 1.70. The maximum absolute atomic E-state index is 4.38. The van der Waals surface area contributed by atoms with Crippen molar-refractivity contribution in [1.29, 1.82) is 0 Å². The molecule has 0 amide bonds. The minimum atomic E-state index is 1.08. The molecule has 0 bridgehead atoms. The van der Waals surface area contributed by atoms with Crippen LogP contribution in [0.4, 0.5) is 0 Å². The van der Waals surface area contributed by atoms with Gasteiger partial charge in [0, 0.05) is 12.4 Å². The number of fused-ring (bicyclic) bond motifs is 1. The molecule has 0 saturated carbocycles. The van der Waals surface area contributed by atoms with Crippen LogP contribution in [0.3, 0.4) is 0 Å². The summed E-state index contributed by atoms with van der Waals surface area (Å²) in [5, 5.41) is 5.65. The monoisotopic (exact) mass is 174 g/mol. The Morgan fingerprint density at radius 3 is 2.85 bits per heavy atom. The highest BCUT2D eigenvalue weighted by atomic mass is 15.3. The lowest BCUT2D eigenvalue weighted by Crippen LogP contribution is -1.90. The van der Waals surface area contributed by atoms with Crippen LogP contribution in [0, 0.1) is 6.92 Å². The Labute approximate surface area is 78.2 Å². The van der Waals surface area contributed by atoms with E-state index in [4.69, 9.17) is 0 Å². The number of rotatable bonds is 1. The molecule has 0 fully saturated rings. The van der Waals surface area contributed by atoms with Gasteiger partial charge in [-0.1, -0.05) is 19.1 Å². The summed E-state index contributed by atoms with van der Waals surface area (Å²) in [5.41, 5.74) is 3.72. The van der Waals surface area contributed by atoms with Crippen molar-refractivity contribution < 1.29 is 0 Å².